The summed E-state index contributed by atoms with van der Waals surface area (Å²) in [5, 5.41) is 12.5. The molecule has 0 aliphatic carbocycles. The van der Waals surface area contributed by atoms with Gasteiger partial charge in [-0.3, -0.25) is 10.1 Å². The van der Waals surface area contributed by atoms with Gasteiger partial charge < -0.3 is 10.4 Å². The quantitative estimate of drug-likeness (QED) is 0.366. The van der Waals surface area contributed by atoms with Crippen LogP contribution in [0.15, 0.2) is 0 Å². The van der Waals surface area contributed by atoms with E-state index < -0.39 is 18.2 Å². The summed E-state index contributed by atoms with van der Waals surface area (Å²) in [7, 11) is 0. The van der Waals surface area contributed by atoms with E-state index in [4.69, 9.17) is 5.11 Å². The maximum atomic E-state index is 10.3. The van der Waals surface area contributed by atoms with Gasteiger partial charge in [-0.05, 0) is 0 Å². The molecule has 5 nitrogen and oxygen atoms in total. The minimum Gasteiger partial charge on any atom is -0.373 e. The van der Waals surface area contributed by atoms with Crippen molar-refractivity contribution in [1.82, 2.24) is 10.6 Å². The molecule has 1 radical (unpaired) electrons. The van der Waals surface area contributed by atoms with Gasteiger partial charge in [0, 0.05) is 0 Å². The van der Waals surface area contributed by atoms with Crippen LogP contribution in [0, 0.1) is 6.42 Å². The molecule has 9 heavy (non-hydrogen) atoms. The van der Waals surface area contributed by atoms with E-state index in [-0.39, 0.29) is 0 Å². The van der Waals surface area contributed by atoms with Crippen molar-refractivity contribution in [3.63, 3.8) is 0 Å². The molecule has 1 rings (SSSR count). The molecule has 3 N–H and O–H groups in total. The van der Waals surface area contributed by atoms with Crippen LogP contribution in [0.4, 0.5) is 4.79 Å². The van der Waals surface area contributed by atoms with Crippen LogP contribution >= 0.6 is 0 Å². The highest BCUT2D eigenvalue weighted by Crippen LogP contribution is 1.90. The number of hydrogen-bond acceptors (Lipinski definition) is 3. The first kappa shape index (κ1) is 6.03. The van der Waals surface area contributed by atoms with E-state index in [1.807, 2.05) is 10.6 Å². The Hall–Kier alpha value is -1.10. The Morgan fingerprint density at radius 2 is 2.22 bits per heavy atom. The molecule has 0 spiro atoms. The lowest BCUT2D eigenvalue weighted by Gasteiger charge is -2.16. The van der Waals surface area contributed by atoms with Gasteiger partial charge in [0.15, 0.2) is 0 Å². The Morgan fingerprint density at radius 3 is 2.67 bits per heavy atom. The summed E-state index contributed by atoms with van der Waals surface area (Å²) in [4.78, 5) is 20.6. The maximum absolute atomic E-state index is 10.3. The van der Waals surface area contributed by atoms with Gasteiger partial charge in [-0.15, -0.1) is 0 Å². The van der Waals surface area contributed by atoms with Crippen LogP contribution < -0.4 is 10.6 Å². The topological polar surface area (TPSA) is 78.4 Å². The van der Waals surface area contributed by atoms with Crippen LogP contribution in [0.2, 0.25) is 0 Å². The Morgan fingerprint density at radius 1 is 1.56 bits per heavy atom. The molecule has 5 heteroatoms. The van der Waals surface area contributed by atoms with Crippen molar-refractivity contribution in [2.75, 3.05) is 0 Å². The first-order valence-electron chi connectivity index (χ1n) is 2.33. The van der Waals surface area contributed by atoms with E-state index in [1.165, 1.54) is 0 Å². The number of rotatable bonds is 0. The lowest BCUT2D eigenvalue weighted by atomic mass is 10.3. The van der Waals surface area contributed by atoms with Crippen LogP contribution in [0.5, 0.6) is 0 Å². The fraction of sp³-hybridized carbons (Fsp3) is 0.250. The molecular formula is C4H5N2O3. The summed E-state index contributed by atoms with van der Waals surface area (Å²) >= 11 is 0. The minimum atomic E-state index is -1.15. The van der Waals surface area contributed by atoms with Crippen molar-refractivity contribution < 1.29 is 14.7 Å². The molecule has 0 aromatic carbocycles. The lowest BCUT2D eigenvalue weighted by Crippen LogP contribution is -2.52. The van der Waals surface area contributed by atoms with Crippen LogP contribution in [0.1, 0.15) is 0 Å². The largest absolute Gasteiger partial charge is 0.373 e. The second-order valence-corrected chi connectivity index (χ2v) is 1.57. The van der Waals surface area contributed by atoms with E-state index in [2.05, 4.69) is 0 Å². The number of amides is 3. The van der Waals surface area contributed by atoms with Crippen LogP contribution in [-0.4, -0.2) is 23.3 Å². The third-order valence-corrected chi connectivity index (χ3v) is 0.825. The van der Waals surface area contributed by atoms with Gasteiger partial charge in [0.2, 0.25) is 5.91 Å². The molecule has 49 valence electrons. The molecule has 0 aromatic heterocycles. The highest BCUT2D eigenvalue weighted by atomic mass is 16.3. The lowest BCUT2D eigenvalue weighted by molar-refractivity contribution is -0.118. The number of carbonyl (C=O) groups excluding carboxylic acids is 2. The highest BCUT2D eigenvalue weighted by Gasteiger charge is 2.21. The molecule has 1 aliphatic heterocycles. The molecule has 1 atom stereocenters. The smallest absolute Gasteiger partial charge is 0.323 e. The van der Waals surface area contributed by atoms with Crippen LogP contribution in [-0.2, 0) is 4.79 Å². The number of hydrogen-bond donors (Lipinski definition) is 3. The molecule has 1 saturated heterocycles. The third kappa shape index (κ3) is 1.39. The Labute approximate surface area is 51.0 Å². The summed E-state index contributed by atoms with van der Waals surface area (Å²) in [5.41, 5.74) is 0. The summed E-state index contributed by atoms with van der Waals surface area (Å²) < 4.78 is 0. The fourth-order valence-electron chi connectivity index (χ4n) is 0.509. The number of aliphatic hydroxyl groups is 1. The van der Waals surface area contributed by atoms with E-state index in [1.54, 1.807) is 0 Å². The number of urea groups is 1. The zero-order valence-corrected chi connectivity index (χ0v) is 4.42. The average molecular weight is 129 g/mol. The van der Waals surface area contributed by atoms with E-state index in [9.17, 15) is 9.59 Å². The zero-order valence-electron chi connectivity index (χ0n) is 4.42. The van der Waals surface area contributed by atoms with Crippen LogP contribution in [0.25, 0.3) is 0 Å². The molecule has 1 heterocycles. The van der Waals surface area contributed by atoms with Gasteiger partial charge in [-0.1, -0.05) is 0 Å². The second kappa shape index (κ2) is 2.02. The molecule has 1 fully saturated rings. The summed E-state index contributed by atoms with van der Waals surface area (Å²) in [6.07, 6.45) is -0.187. The molecule has 0 saturated carbocycles. The number of nitrogens with one attached hydrogen (secondary N) is 2. The van der Waals surface area contributed by atoms with Gasteiger partial charge in [0.25, 0.3) is 0 Å². The van der Waals surface area contributed by atoms with Crippen molar-refractivity contribution in [2.24, 2.45) is 0 Å². The number of imide groups is 1. The van der Waals surface area contributed by atoms with Crippen molar-refractivity contribution in [1.29, 1.82) is 0 Å². The minimum absolute atomic E-state index is 0.578. The van der Waals surface area contributed by atoms with Crippen LogP contribution in [0.3, 0.4) is 0 Å². The van der Waals surface area contributed by atoms with Gasteiger partial charge in [-0.25, -0.2) is 4.79 Å². The Balaban J connectivity index is 2.53. The van der Waals surface area contributed by atoms with Gasteiger partial charge in [-0.2, -0.15) is 0 Å². The first-order valence-corrected chi connectivity index (χ1v) is 2.33. The summed E-state index contributed by atoms with van der Waals surface area (Å²) in [5.74, 6) is -0.578. The molecule has 3 amide bonds. The Kier molecular flexibility index (Phi) is 1.35. The predicted octanol–water partition coefficient (Wildman–Crippen LogP) is -1.65. The van der Waals surface area contributed by atoms with Crippen molar-refractivity contribution in [2.45, 2.75) is 6.23 Å². The van der Waals surface area contributed by atoms with E-state index in [0.717, 1.165) is 6.42 Å². The predicted molar refractivity (Wildman–Crippen MR) is 27.0 cm³/mol. The first-order chi connectivity index (χ1) is 4.18. The maximum Gasteiger partial charge on any atom is 0.323 e. The highest BCUT2D eigenvalue weighted by molar-refractivity contribution is 6.01. The molecule has 1 aliphatic rings. The third-order valence-electron chi connectivity index (χ3n) is 0.825. The standard InChI is InChI=1S/C4H5N2O3/c7-2-1-3(8)6-4(9)5-2/h1-2,7H,(H2,5,6,8,9). The average Bonchev–Trinajstić information content (AvgIpc) is 1.59. The SMILES string of the molecule is O=C1[CH]C(O)NC(=O)N1. The Bertz CT molecular complexity index is 140. The molecule has 1 unspecified atom stereocenters. The van der Waals surface area contributed by atoms with Gasteiger partial charge in [0.1, 0.15) is 6.23 Å². The monoisotopic (exact) mass is 129 g/mol. The molecule has 0 aromatic rings. The van der Waals surface area contributed by atoms with E-state index >= 15 is 0 Å². The normalized spacial score (nSPS) is 27.0. The van der Waals surface area contributed by atoms with Crippen molar-refractivity contribution in [3.8, 4) is 0 Å². The number of carbonyl (C=O) groups is 2. The van der Waals surface area contributed by atoms with Gasteiger partial charge >= 0.3 is 6.03 Å². The van der Waals surface area contributed by atoms with Gasteiger partial charge in [0.05, 0.1) is 6.42 Å². The van der Waals surface area contributed by atoms with E-state index in [0.29, 0.717) is 0 Å². The fourth-order valence-corrected chi connectivity index (χ4v) is 0.509. The summed E-state index contributed by atoms with van der Waals surface area (Å²) in [6.45, 7) is 0. The molecular weight excluding hydrogens is 124 g/mol. The second-order valence-electron chi connectivity index (χ2n) is 1.57. The summed E-state index contributed by atoms with van der Waals surface area (Å²) in [6, 6.07) is -0.671. The molecule has 0 bridgehead atoms. The zero-order chi connectivity index (χ0) is 6.85. The van der Waals surface area contributed by atoms with Crippen molar-refractivity contribution >= 4 is 11.9 Å². The van der Waals surface area contributed by atoms with Crippen molar-refractivity contribution in [3.05, 3.63) is 6.42 Å². The number of aliphatic hydroxyl groups excluding tert-OH is 1.